The molecular formula is C13H25NO2. The minimum atomic E-state index is -0.0910. The number of hydrogen-bond donors (Lipinski definition) is 1. The number of rotatable bonds is 5. The Balaban J connectivity index is 2.18. The molecule has 3 heteroatoms. The summed E-state index contributed by atoms with van der Waals surface area (Å²) in [6, 6.07) is 0.832. The number of nitrogens with one attached hydrogen (secondary N) is 1. The van der Waals surface area contributed by atoms with Crippen molar-refractivity contribution in [1.82, 2.24) is 5.32 Å². The van der Waals surface area contributed by atoms with Gasteiger partial charge in [0.2, 0.25) is 0 Å². The summed E-state index contributed by atoms with van der Waals surface area (Å²) < 4.78 is 4.94. The van der Waals surface area contributed by atoms with Crippen molar-refractivity contribution in [3.63, 3.8) is 0 Å². The second-order valence-corrected chi connectivity index (χ2v) is 5.03. The van der Waals surface area contributed by atoms with E-state index in [1.165, 1.54) is 25.7 Å². The average molecular weight is 227 g/mol. The van der Waals surface area contributed by atoms with Gasteiger partial charge in [0.05, 0.1) is 13.0 Å². The highest BCUT2D eigenvalue weighted by Crippen LogP contribution is 2.23. The summed E-state index contributed by atoms with van der Waals surface area (Å²) in [5, 5.41) is 3.53. The first-order valence-corrected chi connectivity index (χ1v) is 6.53. The summed E-state index contributed by atoms with van der Waals surface area (Å²) in [6.45, 7) is 6.71. The molecule has 94 valence electrons. The highest BCUT2D eigenvalue weighted by molar-refractivity contribution is 5.70. The molecule has 0 aliphatic heterocycles. The fourth-order valence-corrected chi connectivity index (χ4v) is 2.36. The normalized spacial score (nSPS) is 27.4. The van der Waals surface area contributed by atoms with Gasteiger partial charge >= 0.3 is 5.97 Å². The van der Waals surface area contributed by atoms with Gasteiger partial charge in [-0.15, -0.1) is 0 Å². The first kappa shape index (κ1) is 13.5. The fourth-order valence-electron chi connectivity index (χ4n) is 2.36. The SMILES string of the molecule is CCOC(=O)CC(C)NC1CCC(C)CC1. The van der Waals surface area contributed by atoms with Crippen LogP contribution in [0, 0.1) is 5.92 Å². The molecule has 1 N–H and O–H groups in total. The summed E-state index contributed by atoms with van der Waals surface area (Å²) in [7, 11) is 0. The fraction of sp³-hybridized carbons (Fsp3) is 0.923. The van der Waals surface area contributed by atoms with E-state index in [-0.39, 0.29) is 12.0 Å². The predicted molar refractivity (Wildman–Crippen MR) is 65.3 cm³/mol. The van der Waals surface area contributed by atoms with E-state index in [4.69, 9.17) is 4.74 Å². The summed E-state index contributed by atoms with van der Waals surface area (Å²) >= 11 is 0. The summed E-state index contributed by atoms with van der Waals surface area (Å²) in [6.07, 6.45) is 5.59. The van der Waals surface area contributed by atoms with E-state index in [0.29, 0.717) is 19.1 Å². The Morgan fingerprint density at radius 3 is 2.56 bits per heavy atom. The van der Waals surface area contributed by atoms with Crippen LogP contribution in [0.5, 0.6) is 0 Å². The van der Waals surface area contributed by atoms with Gasteiger partial charge in [0, 0.05) is 12.1 Å². The number of carbonyl (C=O) groups excluding carboxylic acids is 1. The molecule has 0 amide bonds. The van der Waals surface area contributed by atoms with Crippen molar-refractivity contribution < 1.29 is 9.53 Å². The Bertz CT molecular complexity index is 210. The Hall–Kier alpha value is -0.570. The van der Waals surface area contributed by atoms with Crippen molar-refractivity contribution in [2.24, 2.45) is 5.92 Å². The van der Waals surface area contributed by atoms with Gasteiger partial charge in [0.15, 0.2) is 0 Å². The van der Waals surface area contributed by atoms with Gasteiger partial charge in [-0.1, -0.05) is 6.92 Å². The molecule has 1 rings (SSSR count). The zero-order chi connectivity index (χ0) is 12.0. The highest BCUT2D eigenvalue weighted by atomic mass is 16.5. The quantitative estimate of drug-likeness (QED) is 0.733. The molecule has 0 radical (unpaired) electrons. The monoisotopic (exact) mass is 227 g/mol. The Morgan fingerprint density at radius 1 is 1.38 bits per heavy atom. The molecule has 1 aliphatic carbocycles. The zero-order valence-corrected chi connectivity index (χ0v) is 10.8. The van der Waals surface area contributed by atoms with Crippen molar-refractivity contribution in [1.29, 1.82) is 0 Å². The van der Waals surface area contributed by atoms with Crippen molar-refractivity contribution in [2.75, 3.05) is 6.61 Å². The van der Waals surface area contributed by atoms with Crippen molar-refractivity contribution in [3.05, 3.63) is 0 Å². The smallest absolute Gasteiger partial charge is 0.307 e. The Morgan fingerprint density at radius 2 is 2.00 bits per heavy atom. The van der Waals surface area contributed by atoms with E-state index in [9.17, 15) is 4.79 Å². The molecule has 0 heterocycles. The van der Waals surface area contributed by atoms with Crippen LogP contribution < -0.4 is 5.32 Å². The van der Waals surface area contributed by atoms with Gasteiger partial charge in [0.25, 0.3) is 0 Å². The van der Waals surface area contributed by atoms with Crippen LogP contribution in [0.3, 0.4) is 0 Å². The average Bonchev–Trinajstić information content (AvgIpc) is 2.21. The third-order valence-corrected chi connectivity index (χ3v) is 3.31. The minimum Gasteiger partial charge on any atom is -0.466 e. The van der Waals surface area contributed by atoms with Crippen molar-refractivity contribution in [2.45, 2.75) is 65.0 Å². The Labute approximate surface area is 98.9 Å². The molecule has 1 aliphatic rings. The lowest BCUT2D eigenvalue weighted by atomic mass is 9.87. The van der Waals surface area contributed by atoms with E-state index in [1.54, 1.807) is 0 Å². The van der Waals surface area contributed by atoms with E-state index >= 15 is 0 Å². The minimum absolute atomic E-state index is 0.0910. The molecule has 3 nitrogen and oxygen atoms in total. The van der Waals surface area contributed by atoms with Gasteiger partial charge in [0.1, 0.15) is 0 Å². The molecule has 0 aromatic carbocycles. The predicted octanol–water partition coefficient (Wildman–Crippen LogP) is 2.50. The molecule has 1 fully saturated rings. The van der Waals surface area contributed by atoms with Crippen LogP contribution >= 0.6 is 0 Å². The zero-order valence-electron chi connectivity index (χ0n) is 10.8. The van der Waals surface area contributed by atoms with Gasteiger partial charge in [-0.25, -0.2) is 0 Å². The molecule has 0 aromatic rings. The lowest BCUT2D eigenvalue weighted by molar-refractivity contribution is -0.143. The van der Waals surface area contributed by atoms with Crippen LogP contribution in [0.1, 0.15) is 52.9 Å². The maximum Gasteiger partial charge on any atom is 0.307 e. The molecule has 0 saturated heterocycles. The molecule has 16 heavy (non-hydrogen) atoms. The second-order valence-electron chi connectivity index (χ2n) is 5.03. The maximum atomic E-state index is 11.3. The van der Waals surface area contributed by atoms with Crippen LogP contribution in [-0.4, -0.2) is 24.7 Å². The van der Waals surface area contributed by atoms with Crippen LogP contribution in [0.15, 0.2) is 0 Å². The van der Waals surface area contributed by atoms with E-state index in [2.05, 4.69) is 19.2 Å². The molecule has 0 bridgehead atoms. The molecule has 0 aromatic heterocycles. The lowest BCUT2D eigenvalue weighted by Crippen LogP contribution is -2.40. The van der Waals surface area contributed by atoms with Gasteiger partial charge in [-0.2, -0.15) is 0 Å². The van der Waals surface area contributed by atoms with Crippen LogP contribution in [-0.2, 0) is 9.53 Å². The van der Waals surface area contributed by atoms with Crippen LogP contribution in [0.4, 0.5) is 0 Å². The molecule has 0 spiro atoms. The number of ether oxygens (including phenoxy) is 1. The van der Waals surface area contributed by atoms with Crippen LogP contribution in [0.25, 0.3) is 0 Å². The largest absolute Gasteiger partial charge is 0.466 e. The summed E-state index contributed by atoms with van der Waals surface area (Å²) in [5.74, 6) is 0.782. The molecule has 1 atom stereocenters. The maximum absolute atomic E-state index is 11.3. The van der Waals surface area contributed by atoms with E-state index < -0.39 is 0 Å². The lowest BCUT2D eigenvalue weighted by Gasteiger charge is -2.29. The van der Waals surface area contributed by atoms with Crippen molar-refractivity contribution >= 4 is 5.97 Å². The third-order valence-electron chi connectivity index (χ3n) is 3.31. The highest BCUT2D eigenvalue weighted by Gasteiger charge is 2.20. The van der Waals surface area contributed by atoms with Gasteiger partial charge in [-0.05, 0) is 45.4 Å². The molecular weight excluding hydrogens is 202 g/mol. The standard InChI is InChI=1S/C13H25NO2/c1-4-16-13(15)9-11(3)14-12-7-5-10(2)6-8-12/h10-12,14H,4-9H2,1-3H3. The first-order chi connectivity index (χ1) is 7.61. The second kappa shape index (κ2) is 6.89. The number of esters is 1. The molecule has 1 unspecified atom stereocenters. The van der Waals surface area contributed by atoms with Crippen molar-refractivity contribution in [3.8, 4) is 0 Å². The number of hydrogen-bond acceptors (Lipinski definition) is 3. The summed E-state index contributed by atoms with van der Waals surface area (Å²) in [4.78, 5) is 11.3. The van der Waals surface area contributed by atoms with Gasteiger partial charge < -0.3 is 10.1 Å². The first-order valence-electron chi connectivity index (χ1n) is 6.53. The van der Waals surface area contributed by atoms with E-state index in [1.807, 2.05) is 6.92 Å². The van der Waals surface area contributed by atoms with Gasteiger partial charge in [-0.3, -0.25) is 4.79 Å². The number of carbonyl (C=O) groups is 1. The van der Waals surface area contributed by atoms with E-state index in [0.717, 1.165) is 5.92 Å². The van der Waals surface area contributed by atoms with Crippen LogP contribution in [0.2, 0.25) is 0 Å². The molecule has 1 saturated carbocycles. The topological polar surface area (TPSA) is 38.3 Å². The summed E-state index contributed by atoms with van der Waals surface area (Å²) in [5.41, 5.74) is 0. The third kappa shape index (κ3) is 4.97. The Kier molecular flexibility index (Phi) is 5.81.